The molecule has 4 nitrogen and oxygen atoms in total. The lowest BCUT2D eigenvalue weighted by Crippen LogP contribution is -2.22. The van der Waals surface area contributed by atoms with Gasteiger partial charge in [-0.15, -0.1) is 0 Å². The van der Waals surface area contributed by atoms with Crippen LogP contribution in [0.25, 0.3) is 0 Å². The molecule has 0 bridgehead atoms. The second-order valence-electron chi connectivity index (χ2n) is 5.63. The van der Waals surface area contributed by atoms with Crippen LogP contribution in [0.2, 0.25) is 0 Å². The third kappa shape index (κ3) is 3.94. The molecule has 5 heteroatoms. The molecule has 2 aromatic carbocycles. The van der Waals surface area contributed by atoms with Crippen molar-refractivity contribution in [2.24, 2.45) is 5.14 Å². The fourth-order valence-corrected chi connectivity index (χ4v) is 2.90. The Labute approximate surface area is 132 Å². The van der Waals surface area contributed by atoms with Crippen molar-refractivity contribution in [1.29, 1.82) is 0 Å². The number of hydrogen-bond acceptors (Lipinski definition) is 3. The molecule has 2 aromatic rings. The predicted molar refractivity (Wildman–Crippen MR) is 88.9 cm³/mol. The SMILES string of the molecule is Cc1ccccc1CN(C)C(C)c1ccc(S(N)(=O)=O)cc1. The molecule has 2 rings (SSSR count). The highest BCUT2D eigenvalue weighted by Crippen LogP contribution is 2.22. The number of primary sulfonamides is 1. The molecule has 0 amide bonds. The quantitative estimate of drug-likeness (QED) is 0.922. The topological polar surface area (TPSA) is 63.4 Å². The van der Waals surface area contributed by atoms with Crippen LogP contribution in [-0.4, -0.2) is 20.4 Å². The van der Waals surface area contributed by atoms with Gasteiger partial charge in [0.05, 0.1) is 4.90 Å². The van der Waals surface area contributed by atoms with Gasteiger partial charge in [0, 0.05) is 12.6 Å². The molecule has 0 fully saturated rings. The van der Waals surface area contributed by atoms with Crippen LogP contribution < -0.4 is 5.14 Å². The van der Waals surface area contributed by atoms with E-state index in [0.717, 1.165) is 12.1 Å². The smallest absolute Gasteiger partial charge is 0.238 e. The van der Waals surface area contributed by atoms with Crippen LogP contribution >= 0.6 is 0 Å². The van der Waals surface area contributed by atoms with Gasteiger partial charge in [-0.25, -0.2) is 13.6 Å². The van der Waals surface area contributed by atoms with Gasteiger partial charge in [-0.3, -0.25) is 4.90 Å². The number of nitrogens with zero attached hydrogens (tertiary/aromatic N) is 1. The number of hydrogen-bond donors (Lipinski definition) is 1. The summed E-state index contributed by atoms with van der Waals surface area (Å²) >= 11 is 0. The average molecular weight is 318 g/mol. The van der Waals surface area contributed by atoms with Crippen molar-refractivity contribution in [2.45, 2.75) is 31.3 Å². The molecule has 0 aliphatic heterocycles. The Kier molecular flexibility index (Phi) is 5.01. The van der Waals surface area contributed by atoms with Crippen molar-refractivity contribution in [3.8, 4) is 0 Å². The first-order valence-corrected chi connectivity index (χ1v) is 8.71. The van der Waals surface area contributed by atoms with E-state index < -0.39 is 10.0 Å². The summed E-state index contributed by atoms with van der Waals surface area (Å²) < 4.78 is 22.6. The summed E-state index contributed by atoms with van der Waals surface area (Å²) in [5.74, 6) is 0. The molecule has 1 atom stereocenters. The van der Waals surface area contributed by atoms with Gasteiger partial charge in [0.2, 0.25) is 10.0 Å². The van der Waals surface area contributed by atoms with E-state index in [1.807, 2.05) is 24.3 Å². The van der Waals surface area contributed by atoms with Crippen LogP contribution in [-0.2, 0) is 16.6 Å². The van der Waals surface area contributed by atoms with Gasteiger partial charge < -0.3 is 0 Å². The predicted octanol–water partition coefficient (Wildman–Crippen LogP) is 2.84. The van der Waals surface area contributed by atoms with Crippen molar-refractivity contribution in [3.05, 3.63) is 65.2 Å². The van der Waals surface area contributed by atoms with Gasteiger partial charge in [-0.2, -0.15) is 0 Å². The highest BCUT2D eigenvalue weighted by molar-refractivity contribution is 7.89. The maximum absolute atomic E-state index is 11.3. The summed E-state index contributed by atoms with van der Waals surface area (Å²) in [6.45, 7) is 5.05. The van der Waals surface area contributed by atoms with Crippen LogP contribution in [0.15, 0.2) is 53.4 Å². The molecule has 0 radical (unpaired) electrons. The highest BCUT2D eigenvalue weighted by atomic mass is 32.2. The highest BCUT2D eigenvalue weighted by Gasteiger charge is 2.14. The van der Waals surface area contributed by atoms with Crippen LogP contribution in [0.4, 0.5) is 0 Å². The Balaban J connectivity index is 2.14. The van der Waals surface area contributed by atoms with E-state index in [9.17, 15) is 8.42 Å². The van der Waals surface area contributed by atoms with Crippen LogP contribution in [0, 0.1) is 6.92 Å². The minimum Gasteiger partial charge on any atom is -0.295 e. The van der Waals surface area contributed by atoms with Gasteiger partial charge >= 0.3 is 0 Å². The maximum Gasteiger partial charge on any atom is 0.238 e. The summed E-state index contributed by atoms with van der Waals surface area (Å²) in [6, 6.07) is 15.2. The van der Waals surface area contributed by atoms with E-state index in [1.54, 1.807) is 12.1 Å². The summed E-state index contributed by atoms with van der Waals surface area (Å²) in [5.41, 5.74) is 3.62. The molecular weight excluding hydrogens is 296 g/mol. The van der Waals surface area contributed by atoms with E-state index in [-0.39, 0.29) is 10.9 Å². The Bertz CT molecular complexity index is 740. The zero-order valence-corrected chi connectivity index (χ0v) is 14.0. The van der Waals surface area contributed by atoms with Crippen molar-refractivity contribution >= 4 is 10.0 Å². The summed E-state index contributed by atoms with van der Waals surface area (Å²) in [7, 11) is -1.57. The first-order chi connectivity index (χ1) is 10.3. The van der Waals surface area contributed by atoms with E-state index in [4.69, 9.17) is 5.14 Å². The van der Waals surface area contributed by atoms with Crippen molar-refractivity contribution in [1.82, 2.24) is 4.90 Å². The monoisotopic (exact) mass is 318 g/mol. The molecular formula is C17H22N2O2S. The van der Waals surface area contributed by atoms with Crippen molar-refractivity contribution in [2.75, 3.05) is 7.05 Å². The molecule has 0 heterocycles. The molecule has 0 aromatic heterocycles. The third-order valence-corrected chi connectivity index (χ3v) is 4.96. The van der Waals surface area contributed by atoms with Crippen molar-refractivity contribution in [3.63, 3.8) is 0 Å². The maximum atomic E-state index is 11.3. The number of benzene rings is 2. The van der Waals surface area contributed by atoms with E-state index in [0.29, 0.717) is 0 Å². The molecule has 1 unspecified atom stereocenters. The Morgan fingerprint density at radius 3 is 2.23 bits per heavy atom. The number of nitrogens with two attached hydrogens (primary N) is 1. The summed E-state index contributed by atoms with van der Waals surface area (Å²) in [6.07, 6.45) is 0. The summed E-state index contributed by atoms with van der Waals surface area (Å²) in [5, 5.41) is 5.12. The normalized spacial score (nSPS) is 13.3. The number of aryl methyl sites for hydroxylation is 1. The van der Waals surface area contributed by atoms with Crippen molar-refractivity contribution < 1.29 is 8.42 Å². The average Bonchev–Trinajstić information content (AvgIpc) is 2.48. The molecule has 0 aliphatic carbocycles. The van der Waals surface area contributed by atoms with E-state index >= 15 is 0 Å². The molecule has 2 N–H and O–H groups in total. The first-order valence-electron chi connectivity index (χ1n) is 7.16. The minimum atomic E-state index is -3.63. The Morgan fingerprint density at radius 1 is 1.09 bits per heavy atom. The fraction of sp³-hybridized carbons (Fsp3) is 0.294. The molecule has 22 heavy (non-hydrogen) atoms. The molecule has 118 valence electrons. The minimum absolute atomic E-state index is 0.144. The van der Waals surface area contributed by atoms with Gasteiger partial charge in [-0.05, 0) is 49.7 Å². The van der Waals surface area contributed by atoms with Gasteiger partial charge in [-0.1, -0.05) is 36.4 Å². The van der Waals surface area contributed by atoms with Gasteiger partial charge in [0.25, 0.3) is 0 Å². The lowest BCUT2D eigenvalue weighted by atomic mass is 10.0. The lowest BCUT2D eigenvalue weighted by molar-refractivity contribution is 0.252. The van der Waals surface area contributed by atoms with Crippen LogP contribution in [0.5, 0.6) is 0 Å². The molecule has 0 aliphatic rings. The second kappa shape index (κ2) is 6.60. The molecule has 0 saturated heterocycles. The third-order valence-electron chi connectivity index (χ3n) is 4.03. The standard InChI is InChI=1S/C17H22N2O2S/c1-13-6-4-5-7-16(13)12-19(3)14(2)15-8-10-17(11-9-15)22(18,20)21/h4-11,14H,12H2,1-3H3,(H2,18,20,21). The number of rotatable bonds is 5. The molecule has 0 spiro atoms. The van der Waals surface area contributed by atoms with Gasteiger partial charge in [0.1, 0.15) is 0 Å². The molecule has 0 saturated carbocycles. The summed E-state index contributed by atoms with van der Waals surface area (Å²) in [4.78, 5) is 2.37. The van der Waals surface area contributed by atoms with Gasteiger partial charge in [0.15, 0.2) is 0 Å². The zero-order valence-electron chi connectivity index (χ0n) is 13.2. The zero-order chi connectivity index (χ0) is 16.3. The largest absolute Gasteiger partial charge is 0.295 e. The van der Waals surface area contributed by atoms with Crippen LogP contribution in [0.3, 0.4) is 0 Å². The fourth-order valence-electron chi connectivity index (χ4n) is 2.38. The Hall–Kier alpha value is -1.69. The second-order valence-corrected chi connectivity index (χ2v) is 7.19. The lowest BCUT2D eigenvalue weighted by Gasteiger charge is -2.26. The number of sulfonamides is 1. The first kappa shape index (κ1) is 16.7. The van der Waals surface area contributed by atoms with E-state index in [2.05, 4.69) is 37.9 Å². The van der Waals surface area contributed by atoms with E-state index in [1.165, 1.54) is 11.1 Å². The van der Waals surface area contributed by atoms with Crippen LogP contribution in [0.1, 0.15) is 29.7 Å². The Morgan fingerprint density at radius 2 is 1.68 bits per heavy atom.